The van der Waals surface area contributed by atoms with E-state index >= 15 is 0 Å². The molecule has 2 bridgehead atoms. The van der Waals surface area contributed by atoms with Crippen LogP contribution in [-0.4, -0.2) is 21.2 Å². The highest BCUT2D eigenvalue weighted by Crippen LogP contribution is 2.48. The molecule has 18 heavy (non-hydrogen) atoms. The van der Waals surface area contributed by atoms with Gasteiger partial charge in [0.1, 0.15) is 0 Å². The van der Waals surface area contributed by atoms with E-state index in [-0.39, 0.29) is 5.60 Å². The first-order valence-electron chi connectivity index (χ1n) is 7.71. The van der Waals surface area contributed by atoms with E-state index < -0.39 is 0 Å². The Morgan fingerprint density at radius 1 is 1.06 bits per heavy atom. The van der Waals surface area contributed by atoms with Gasteiger partial charge in [0.05, 0.1) is 5.60 Å². The molecule has 2 heterocycles. The van der Waals surface area contributed by atoms with Crippen LogP contribution in [0.15, 0.2) is 12.7 Å². The van der Waals surface area contributed by atoms with Gasteiger partial charge in [-0.1, -0.05) is 31.8 Å². The Balaban J connectivity index is 1.57. The lowest BCUT2D eigenvalue weighted by Gasteiger charge is -2.36. The smallest absolute Gasteiger partial charge is 0.0668 e. The molecule has 104 valence electrons. The largest absolute Gasteiger partial charge is 0.390 e. The van der Waals surface area contributed by atoms with Gasteiger partial charge in [-0.15, -0.1) is 6.58 Å². The summed E-state index contributed by atoms with van der Waals surface area (Å²) in [7, 11) is 0. The van der Waals surface area contributed by atoms with Crippen molar-refractivity contribution in [1.82, 2.24) is 0 Å². The molecule has 2 aliphatic heterocycles. The van der Waals surface area contributed by atoms with Gasteiger partial charge in [0, 0.05) is 10.5 Å². The summed E-state index contributed by atoms with van der Waals surface area (Å²) in [4.78, 5) is 0. The summed E-state index contributed by atoms with van der Waals surface area (Å²) >= 11 is 2.14. The molecule has 2 heteroatoms. The van der Waals surface area contributed by atoms with Crippen LogP contribution in [0.5, 0.6) is 0 Å². The fourth-order valence-electron chi connectivity index (χ4n) is 3.49. The van der Waals surface area contributed by atoms with E-state index in [0.717, 1.165) is 36.2 Å². The highest BCUT2D eigenvalue weighted by molar-refractivity contribution is 8.00. The van der Waals surface area contributed by atoms with E-state index in [1.54, 1.807) is 0 Å². The Morgan fingerprint density at radius 3 is 2.33 bits per heavy atom. The van der Waals surface area contributed by atoms with Gasteiger partial charge in [0.25, 0.3) is 0 Å². The summed E-state index contributed by atoms with van der Waals surface area (Å²) in [5.41, 5.74) is -0.307. The third kappa shape index (κ3) is 4.31. The van der Waals surface area contributed by atoms with Crippen LogP contribution in [0.1, 0.15) is 70.6 Å². The molecule has 2 unspecified atom stereocenters. The summed E-state index contributed by atoms with van der Waals surface area (Å²) in [6.45, 7) is 3.75. The minimum atomic E-state index is -0.307. The molecule has 2 saturated heterocycles. The lowest BCUT2D eigenvalue weighted by molar-refractivity contribution is 0.0130. The van der Waals surface area contributed by atoms with Gasteiger partial charge in [-0.2, -0.15) is 11.8 Å². The van der Waals surface area contributed by atoms with Crippen molar-refractivity contribution in [3.63, 3.8) is 0 Å². The number of aliphatic hydroxyl groups is 1. The summed E-state index contributed by atoms with van der Waals surface area (Å²) in [5, 5.41) is 12.2. The molecule has 0 aromatic carbocycles. The van der Waals surface area contributed by atoms with E-state index in [0.29, 0.717) is 0 Å². The Kier molecular flexibility index (Phi) is 5.62. The maximum Gasteiger partial charge on any atom is 0.0668 e. The summed E-state index contributed by atoms with van der Waals surface area (Å²) < 4.78 is 0. The first-order chi connectivity index (χ1) is 8.72. The second kappa shape index (κ2) is 7.00. The van der Waals surface area contributed by atoms with Gasteiger partial charge in [0.15, 0.2) is 0 Å². The maximum atomic E-state index is 10.7. The minimum Gasteiger partial charge on any atom is -0.390 e. The van der Waals surface area contributed by atoms with Crippen LogP contribution < -0.4 is 0 Å². The van der Waals surface area contributed by atoms with Crippen LogP contribution in [0, 0.1) is 0 Å². The molecule has 0 aromatic rings. The number of thioether (sulfide) groups is 1. The SMILES string of the molecule is C=CCCCCCCCC1(O)CC2CCC(C1)S2. The zero-order chi connectivity index (χ0) is 12.8. The first-order valence-corrected chi connectivity index (χ1v) is 8.65. The molecule has 0 spiro atoms. The number of hydrogen-bond acceptors (Lipinski definition) is 2. The van der Waals surface area contributed by atoms with Gasteiger partial charge in [-0.25, -0.2) is 0 Å². The molecule has 0 radical (unpaired) electrons. The van der Waals surface area contributed by atoms with Crippen molar-refractivity contribution in [3.8, 4) is 0 Å². The van der Waals surface area contributed by atoms with Crippen LogP contribution in [0.25, 0.3) is 0 Å². The van der Waals surface area contributed by atoms with Crippen molar-refractivity contribution in [2.24, 2.45) is 0 Å². The Morgan fingerprint density at radius 2 is 1.67 bits per heavy atom. The quantitative estimate of drug-likeness (QED) is 0.509. The third-order valence-corrected chi connectivity index (χ3v) is 6.04. The maximum absolute atomic E-state index is 10.7. The molecule has 1 nitrogen and oxygen atoms in total. The topological polar surface area (TPSA) is 20.2 Å². The minimum absolute atomic E-state index is 0.307. The van der Waals surface area contributed by atoms with E-state index in [1.807, 2.05) is 6.08 Å². The average molecular weight is 268 g/mol. The van der Waals surface area contributed by atoms with Crippen LogP contribution in [0.4, 0.5) is 0 Å². The Bertz CT molecular complexity index is 252. The fourth-order valence-corrected chi connectivity index (χ4v) is 5.39. The third-order valence-electron chi connectivity index (χ3n) is 4.46. The first kappa shape index (κ1) is 14.5. The second-order valence-electron chi connectivity index (χ2n) is 6.19. The summed E-state index contributed by atoms with van der Waals surface area (Å²) in [5.74, 6) is 0. The number of unbranched alkanes of at least 4 members (excludes halogenated alkanes) is 5. The molecular formula is C16H28OS. The molecule has 2 rings (SSSR count). The van der Waals surface area contributed by atoms with Crippen LogP contribution >= 0.6 is 11.8 Å². The lowest BCUT2D eigenvalue weighted by atomic mass is 9.87. The van der Waals surface area contributed by atoms with Crippen molar-refractivity contribution in [3.05, 3.63) is 12.7 Å². The summed E-state index contributed by atoms with van der Waals surface area (Å²) in [6, 6.07) is 0. The van der Waals surface area contributed by atoms with Gasteiger partial charge < -0.3 is 5.11 Å². The predicted molar refractivity (Wildman–Crippen MR) is 81.1 cm³/mol. The molecule has 2 aliphatic rings. The highest BCUT2D eigenvalue weighted by atomic mass is 32.2. The Labute approximate surface area is 116 Å². The van der Waals surface area contributed by atoms with E-state index in [9.17, 15) is 5.11 Å². The van der Waals surface area contributed by atoms with E-state index in [2.05, 4.69) is 18.3 Å². The van der Waals surface area contributed by atoms with Gasteiger partial charge in [0.2, 0.25) is 0 Å². The molecular weight excluding hydrogens is 240 g/mol. The molecule has 0 aliphatic carbocycles. The van der Waals surface area contributed by atoms with Crippen molar-refractivity contribution in [2.45, 2.75) is 86.7 Å². The van der Waals surface area contributed by atoms with Crippen LogP contribution in [-0.2, 0) is 0 Å². The zero-order valence-electron chi connectivity index (χ0n) is 11.6. The fraction of sp³-hybridized carbons (Fsp3) is 0.875. The second-order valence-corrected chi connectivity index (χ2v) is 7.79. The van der Waals surface area contributed by atoms with Gasteiger partial charge >= 0.3 is 0 Å². The Hall–Kier alpha value is 0.0500. The molecule has 1 N–H and O–H groups in total. The monoisotopic (exact) mass is 268 g/mol. The number of rotatable bonds is 8. The molecule has 2 fully saturated rings. The van der Waals surface area contributed by atoms with Crippen molar-refractivity contribution in [2.75, 3.05) is 0 Å². The van der Waals surface area contributed by atoms with Crippen molar-refractivity contribution < 1.29 is 5.11 Å². The van der Waals surface area contributed by atoms with E-state index in [1.165, 1.54) is 44.9 Å². The molecule has 0 amide bonds. The molecule has 0 aromatic heterocycles. The predicted octanol–water partition coefficient (Wildman–Crippen LogP) is 4.69. The zero-order valence-corrected chi connectivity index (χ0v) is 12.4. The standard InChI is InChI=1S/C16H28OS/c1-2-3-4-5-6-7-8-11-16(17)12-14-9-10-15(13-16)18-14/h2,14-15,17H,1,3-13H2. The van der Waals surface area contributed by atoms with Gasteiger partial charge in [-0.05, 0) is 44.9 Å². The van der Waals surface area contributed by atoms with Crippen molar-refractivity contribution in [1.29, 1.82) is 0 Å². The van der Waals surface area contributed by atoms with Crippen LogP contribution in [0.2, 0.25) is 0 Å². The number of hydrogen-bond donors (Lipinski definition) is 1. The number of allylic oxidation sites excluding steroid dienone is 1. The number of fused-ring (bicyclic) bond motifs is 2. The van der Waals surface area contributed by atoms with E-state index in [4.69, 9.17) is 0 Å². The average Bonchev–Trinajstić information content (AvgIpc) is 2.68. The van der Waals surface area contributed by atoms with Gasteiger partial charge in [-0.3, -0.25) is 0 Å². The molecule has 0 saturated carbocycles. The summed E-state index contributed by atoms with van der Waals surface area (Å²) in [6.07, 6.45) is 15.5. The lowest BCUT2D eigenvalue weighted by Crippen LogP contribution is -2.37. The molecule has 2 atom stereocenters. The normalized spacial score (nSPS) is 34.7. The highest BCUT2D eigenvalue weighted by Gasteiger charge is 2.42. The van der Waals surface area contributed by atoms with Crippen LogP contribution in [0.3, 0.4) is 0 Å². The van der Waals surface area contributed by atoms with Crippen molar-refractivity contribution >= 4 is 11.8 Å².